The van der Waals surface area contributed by atoms with Crippen LogP contribution in [0.5, 0.6) is 0 Å². The van der Waals surface area contributed by atoms with Crippen molar-refractivity contribution in [3.05, 3.63) is 28.5 Å². The van der Waals surface area contributed by atoms with Crippen LogP contribution in [0.15, 0.2) is 22.9 Å². The highest BCUT2D eigenvalue weighted by Crippen LogP contribution is 2.16. The lowest BCUT2D eigenvalue weighted by Crippen LogP contribution is -2.11. The second kappa shape index (κ2) is 6.32. The van der Waals surface area contributed by atoms with Crippen molar-refractivity contribution in [1.29, 1.82) is 0 Å². The van der Waals surface area contributed by atoms with Crippen molar-refractivity contribution in [3.8, 4) is 0 Å². The highest BCUT2D eigenvalue weighted by Gasteiger charge is 2.04. The quantitative estimate of drug-likeness (QED) is 0.819. The molecule has 1 aromatic rings. The molecule has 0 unspecified atom stereocenters. The molecule has 0 radical (unpaired) electrons. The van der Waals surface area contributed by atoms with Gasteiger partial charge in [0.1, 0.15) is 4.60 Å². The monoisotopic (exact) mass is 266 g/mol. The van der Waals surface area contributed by atoms with E-state index >= 15 is 0 Å². The van der Waals surface area contributed by atoms with E-state index in [2.05, 4.69) is 20.9 Å². The summed E-state index contributed by atoms with van der Waals surface area (Å²) in [4.78, 5) is 3.98. The molecular weight excluding hydrogens is 255 g/mol. The third-order valence-electron chi connectivity index (χ3n) is 1.62. The average Bonchev–Trinajstić information content (AvgIpc) is 2.05. The fourth-order valence-corrected chi connectivity index (χ4v) is 1.34. The zero-order valence-corrected chi connectivity index (χ0v) is 9.38. The minimum absolute atomic E-state index is 0. The summed E-state index contributed by atoms with van der Waals surface area (Å²) in [6.07, 6.45) is 2.27. The van der Waals surface area contributed by atoms with Gasteiger partial charge in [-0.05, 0) is 40.0 Å². The van der Waals surface area contributed by atoms with Crippen LogP contribution in [0.3, 0.4) is 0 Å². The van der Waals surface area contributed by atoms with Crippen LogP contribution in [0.2, 0.25) is 0 Å². The van der Waals surface area contributed by atoms with Gasteiger partial charge in [-0.25, -0.2) is 4.98 Å². The Balaban J connectivity index is 0.00000144. The van der Waals surface area contributed by atoms with Crippen LogP contribution >= 0.6 is 28.3 Å². The molecule has 0 aliphatic carbocycles. The first-order chi connectivity index (χ1) is 5.74. The molecule has 1 rings (SSSR count). The van der Waals surface area contributed by atoms with Gasteiger partial charge >= 0.3 is 0 Å². The number of halogens is 2. The first-order valence-corrected chi connectivity index (χ1v) is 4.51. The van der Waals surface area contributed by atoms with Crippen molar-refractivity contribution in [1.82, 2.24) is 4.98 Å². The van der Waals surface area contributed by atoms with E-state index in [1.807, 2.05) is 12.1 Å². The standard InChI is InChI=1S/C8H11BrN2O.ClH/c9-8-5-6(1-3-11-8)7(10)2-4-12;/h1,3,5,7,12H,2,4,10H2;1H/t7-;/m0./s1. The summed E-state index contributed by atoms with van der Waals surface area (Å²) in [5.41, 5.74) is 6.76. The molecule has 0 bridgehead atoms. The summed E-state index contributed by atoms with van der Waals surface area (Å²) in [6, 6.07) is 3.61. The second-order valence-corrected chi connectivity index (χ2v) is 3.34. The first kappa shape index (κ1) is 12.8. The summed E-state index contributed by atoms with van der Waals surface area (Å²) in [6.45, 7) is 0.112. The molecule has 1 heterocycles. The molecule has 74 valence electrons. The predicted molar refractivity (Wildman–Crippen MR) is 57.8 cm³/mol. The Kier molecular flexibility index (Phi) is 6.24. The third kappa shape index (κ3) is 4.04. The summed E-state index contributed by atoms with van der Waals surface area (Å²) < 4.78 is 0.772. The Morgan fingerprint density at radius 1 is 1.62 bits per heavy atom. The number of hydrogen-bond donors (Lipinski definition) is 2. The minimum Gasteiger partial charge on any atom is -0.396 e. The molecule has 0 amide bonds. The van der Waals surface area contributed by atoms with Crippen LogP contribution in [0.4, 0.5) is 0 Å². The molecule has 1 aromatic heterocycles. The number of nitrogens with zero attached hydrogens (tertiary/aromatic N) is 1. The highest BCUT2D eigenvalue weighted by atomic mass is 79.9. The van der Waals surface area contributed by atoms with E-state index in [0.717, 1.165) is 10.2 Å². The Morgan fingerprint density at radius 3 is 2.85 bits per heavy atom. The molecule has 0 fully saturated rings. The molecule has 1 atom stereocenters. The summed E-state index contributed by atoms with van der Waals surface area (Å²) in [7, 11) is 0. The maximum Gasteiger partial charge on any atom is 0.106 e. The topological polar surface area (TPSA) is 59.1 Å². The second-order valence-electron chi connectivity index (χ2n) is 2.53. The molecule has 0 saturated carbocycles. The number of rotatable bonds is 3. The Hall–Kier alpha value is -0.160. The molecule has 13 heavy (non-hydrogen) atoms. The van der Waals surface area contributed by atoms with E-state index in [-0.39, 0.29) is 25.1 Å². The molecular formula is C8H12BrClN2O. The van der Waals surface area contributed by atoms with Crippen molar-refractivity contribution in [2.45, 2.75) is 12.5 Å². The van der Waals surface area contributed by atoms with Gasteiger partial charge in [0.2, 0.25) is 0 Å². The van der Waals surface area contributed by atoms with E-state index in [1.165, 1.54) is 0 Å². The SMILES string of the molecule is Cl.N[C@@H](CCO)c1ccnc(Br)c1. The van der Waals surface area contributed by atoms with E-state index in [0.29, 0.717) is 6.42 Å². The van der Waals surface area contributed by atoms with Gasteiger partial charge in [0.15, 0.2) is 0 Å². The van der Waals surface area contributed by atoms with Gasteiger partial charge in [0.25, 0.3) is 0 Å². The number of aromatic nitrogens is 1. The van der Waals surface area contributed by atoms with Gasteiger partial charge in [-0.2, -0.15) is 0 Å². The Morgan fingerprint density at radius 2 is 2.31 bits per heavy atom. The van der Waals surface area contributed by atoms with Crippen LogP contribution in [0.1, 0.15) is 18.0 Å². The number of hydrogen-bond acceptors (Lipinski definition) is 3. The zero-order valence-electron chi connectivity index (χ0n) is 6.98. The van der Waals surface area contributed by atoms with Crippen LogP contribution in [-0.4, -0.2) is 16.7 Å². The maximum absolute atomic E-state index is 8.66. The van der Waals surface area contributed by atoms with Crippen molar-refractivity contribution in [3.63, 3.8) is 0 Å². The van der Waals surface area contributed by atoms with E-state index in [1.54, 1.807) is 6.20 Å². The number of aliphatic hydroxyl groups excluding tert-OH is 1. The molecule has 0 aliphatic heterocycles. The lowest BCUT2D eigenvalue weighted by atomic mass is 10.1. The van der Waals surface area contributed by atoms with Crippen molar-refractivity contribution >= 4 is 28.3 Å². The molecule has 0 aromatic carbocycles. The zero-order chi connectivity index (χ0) is 8.97. The third-order valence-corrected chi connectivity index (χ3v) is 2.05. The van der Waals surface area contributed by atoms with Crippen molar-refractivity contribution in [2.24, 2.45) is 5.73 Å². The van der Waals surface area contributed by atoms with Crippen molar-refractivity contribution < 1.29 is 5.11 Å². The Labute approximate surface area is 91.9 Å². The minimum atomic E-state index is -0.103. The van der Waals surface area contributed by atoms with Gasteiger partial charge in [-0.3, -0.25) is 0 Å². The normalized spacial score (nSPS) is 11.9. The van der Waals surface area contributed by atoms with Gasteiger partial charge in [-0.1, -0.05) is 0 Å². The van der Waals surface area contributed by atoms with Gasteiger partial charge in [-0.15, -0.1) is 12.4 Å². The fraction of sp³-hybridized carbons (Fsp3) is 0.375. The van der Waals surface area contributed by atoms with Gasteiger partial charge in [0.05, 0.1) is 0 Å². The smallest absolute Gasteiger partial charge is 0.106 e. The number of pyridine rings is 1. The lowest BCUT2D eigenvalue weighted by Gasteiger charge is -2.09. The molecule has 3 N–H and O–H groups in total. The predicted octanol–water partition coefficient (Wildman–Crippen LogP) is 1.65. The average molecular weight is 268 g/mol. The summed E-state index contributed by atoms with van der Waals surface area (Å²) in [5, 5.41) is 8.66. The summed E-state index contributed by atoms with van der Waals surface area (Å²) >= 11 is 3.25. The molecule has 5 heteroatoms. The van der Waals surface area contributed by atoms with Gasteiger partial charge < -0.3 is 10.8 Å². The summed E-state index contributed by atoms with van der Waals surface area (Å²) in [5.74, 6) is 0. The number of aliphatic hydroxyl groups is 1. The van der Waals surface area contributed by atoms with Crippen LogP contribution in [0, 0.1) is 0 Å². The van der Waals surface area contributed by atoms with E-state index in [4.69, 9.17) is 10.8 Å². The maximum atomic E-state index is 8.66. The van der Waals surface area contributed by atoms with Gasteiger partial charge in [0, 0.05) is 18.8 Å². The Bertz CT molecular complexity index is 260. The fourth-order valence-electron chi connectivity index (χ4n) is 0.954. The number of nitrogens with two attached hydrogens (primary N) is 1. The van der Waals surface area contributed by atoms with Crippen LogP contribution in [-0.2, 0) is 0 Å². The molecule has 0 spiro atoms. The molecule has 3 nitrogen and oxygen atoms in total. The molecule has 0 saturated heterocycles. The van der Waals surface area contributed by atoms with Crippen molar-refractivity contribution in [2.75, 3.05) is 6.61 Å². The largest absolute Gasteiger partial charge is 0.396 e. The molecule has 0 aliphatic rings. The van der Waals surface area contributed by atoms with Crippen LogP contribution in [0.25, 0.3) is 0 Å². The van der Waals surface area contributed by atoms with E-state index in [9.17, 15) is 0 Å². The lowest BCUT2D eigenvalue weighted by molar-refractivity contribution is 0.276. The first-order valence-electron chi connectivity index (χ1n) is 3.72. The van der Waals surface area contributed by atoms with E-state index < -0.39 is 0 Å². The van der Waals surface area contributed by atoms with Crippen LogP contribution < -0.4 is 5.73 Å². The highest BCUT2D eigenvalue weighted by molar-refractivity contribution is 9.10.